The van der Waals surface area contributed by atoms with Crippen LogP contribution in [0, 0.1) is 11.8 Å². The van der Waals surface area contributed by atoms with Crippen molar-refractivity contribution in [2.45, 2.75) is 162 Å². The molecule has 52 heavy (non-hydrogen) atoms. The maximum atomic E-state index is 13.9. The number of esters is 1. The second kappa shape index (κ2) is 18.2. The third-order valence-electron chi connectivity index (χ3n) is 9.42. The van der Waals surface area contributed by atoms with Crippen molar-refractivity contribution in [1.29, 1.82) is 0 Å². The third-order valence-corrected chi connectivity index (χ3v) is 9.42. The van der Waals surface area contributed by atoms with Crippen LogP contribution in [0.15, 0.2) is 0 Å². The second-order valence-corrected chi connectivity index (χ2v) is 16.6. The van der Waals surface area contributed by atoms with Crippen LogP contribution in [0.25, 0.3) is 0 Å². The molecule has 15 heteroatoms. The first-order valence-electron chi connectivity index (χ1n) is 18.6. The normalized spacial score (nSPS) is 20.1. The molecule has 0 unspecified atom stereocenters. The number of rotatable bonds is 15. The molecule has 4 N–H and O–H groups in total. The van der Waals surface area contributed by atoms with Crippen molar-refractivity contribution >= 4 is 41.6 Å². The number of ether oxygens (including phenoxy) is 2. The average Bonchev–Trinajstić information content (AvgIpc) is 3.72. The molecular formula is C37H64N6O9. The molecule has 2 saturated heterocycles. The fourth-order valence-electron chi connectivity index (χ4n) is 6.45. The largest absolute Gasteiger partial charge is 0.467 e. The standard InChI is InChI=1S/C37H64N6O9/c1-13-37(11,41-30(46)27-17-15-19-43(27)34(50)52-35(6,7)8)32(48)39-24(20-22(2)3)28(44)40-36(9,10)33(49)42-18-14-16-26(42)29(45)38-25(21-23(4)5)31(47)51-12/h22-27H,13-21H2,1-12H3,(H,38,45)(H,39,48)(H,40,44)(H,41,46)/t24-,25-,26-,27-,37+/m0/s1. The lowest BCUT2D eigenvalue weighted by molar-refractivity contribution is -0.148. The van der Waals surface area contributed by atoms with Gasteiger partial charge in [0.1, 0.15) is 40.8 Å². The lowest BCUT2D eigenvalue weighted by atomic mass is 9.94. The van der Waals surface area contributed by atoms with Crippen LogP contribution in [0.1, 0.15) is 121 Å². The number of nitrogens with zero attached hydrogens (tertiary/aromatic N) is 2. The summed E-state index contributed by atoms with van der Waals surface area (Å²) in [6.07, 6.45) is 2.17. The predicted molar refractivity (Wildman–Crippen MR) is 195 cm³/mol. The highest BCUT2D eigenvalue weighted by Gasteiger charge is 2.45. The second-order valence-electron chi connectivity index (χ2n) is 16.6. The smallest absolute Gasteiger partial charge is 0.410 e. The van der Waals surface area contributed by atoms with E-state index in [1.54, 1.807) is 48.5 Å². The molecule has 0 spiro atoms. The number of amides is 6. The van der Waals surface area contributed by atoms with Crippen LogP contribution in [-0.2, 0) is 38.2 Å². The Morgan fingerprint density at radius 1 is 0.731 bits per heavy atom. The van der Waals surface area contributed by atoms with Crippen LogP contribution in [0.3, 0.4) is 0 Å². The van der Waals surface area contributed by atoms with Gasteiger partial charge in [-0.05, 0) is 98.3 Å². The van der Waals surface area contributed by atoms with Gasteiger partial charge in [-0.1, -0.05) is 34.6 Å². The van der Waals surface area contributed by atoms with Crippen molar-refractivity contribution < 1.29 is 43.0 Å². The Bertz CT molecular complexity index is 1330. The Morgan fingerprint density at radius 2 is 1.25 bits per heavy atom. The monoisotopic (exact) mass is 736 g/mol. The van der Waals surface area contributed by atoms with Gasteiger partial charge in [0.25, 0.3) is 0 Å². The Kier molecular flexibility index (Phi) is 15.5. The number of likely N-dealkylation sites (tertiary alicyclic amines) is 2. The molecule has 6 amide bonds. The van der Waals surface area contributed by atoms with Gasteiger partial charge in [0, 0.05) is 13.1 Å². The Labute approximate surface area is 309 Å². The molecule has 0 radical (unpaired) electrons. The highest BCUT2D eigenvalue weighted by atomic mass is 16.6. The molecule has 0 saturated carbocycles. The molecule has 2 aliphatic heterocycles. The summed E-state index contributed by atoms with van der Waals surface area (Å²) in [5, 5.41) is 11.2. The van der Waals surface area contributed by atoms with Gasteiger partial charge >= 0.3 is 12.1 Å². The molecule has 0 aromatic rings. The van der Waals surface area contributed by atoms with E-state index in [1.807, 2.05) is 27.7 Å². The Morgan fingerprint density at radius 3 is 1.75 bits per heavy atom. The molecule has 2 heterocycles. The molecule has 0 aromatic heterocycles. The van der Waals surface area contributed by atoms with E-state index in [0.29, 0.717) is 38.6 Å². The molecule has 296 valence electrons. The quantitative estimate of drug-likeness (QED) is 0.183. The fourth-order valence-corrected chi connectivity index (χ4v) is 6.45. The summed E-state index contributed by atoms with van der Waals surface area (Å²) in [6, 6.07) is -3.56. The highest BCUT2D eigenvalue weighted by Crippen LogP contribution is 2.25. The van der Waals surface area contributed by atoms with Crippen LogP contribution >= 0.6 is 0 Å². The van der Waals surface area contributed by atoms with Crippen LogP contribution in [0.2, 0.25) is 0 Å². The summed E-state index contributed by atoms with van der Waals surface area (Å²) >= 11 is 0. The zero-order valence-corrected chi connectivity index (χ0v) is 33.4. The topological polar surface area (TPSA) is 193 Å². The molecule has 2 rings (SSSR count). The van der Waals surface area contributed by atoms with E-state index in [9.17, 15) is 33.6 Å². The van der Waals surface area contributed by atoms with Crippen molar-refractivity contribution in [3.05, 3.63) is 0 Å². The number of hydrogen-bond acceptors (Lipinski definition) is 9. The van der Waals surface area contributed by atoms with E-state index in [2.05, 4.69) is 21.3 Å². The van der Waals surface area contributed by atoms with Crippen molar-refractivity contribution in [3.63, 3.8) is 0 Å². The van der Waals surface area contributed by atoms with E-state index in [0.717, 1.165) is 0 Å². The summed E-state index contributed by atoms with van der Waals surface area (Å²) in [4.78, 5) is 96.4. The van der Waals surface area contributed by atoms with Gasteiger partial charge in [-0.2, -0.15) is 0 Å². The maximum Gasteiger partial charge on any atom is 0.410 e. The average molecular weight is 737 g/mol. The molecular weight excluding hydrogens is 672 g/mol. The lowest BCUT2D eigenvalue weighted by Gasteiger charge is -2.36. The minimum absolute atomic E-state index is 0.0292. The van der Waals surface area contributed by atoms with Gasteiger partial charge < -0.3 is 35.6 Å². The minimum Gasteiger partial charge on any atom is -0.467 e. The van der Waals surface area contributed by atoms with Crippen molar-refractivity contribution in [1.82, 2.24) is 31.1 Å². The molecule has 0 aromatic carbocycles. The Hall–Kier alpha value is -3.91. The fraction of sp³-hybridized carbons (Fsp3) is 0.811. The van der Waals surface area contributed by atoms with E-state index in [4.69, 9.17) is 9.47 Å². The first-order valence-corrected chi connectivity index (χ1v) is 18.6. The van der Waals surface area contributed by atoms with Gasteiger partial charge in [0.2, 0.25) is 29.5 Å². The van der Waals surface area contributed by atoms with Crippen LogP contribution in [0.5, 0.6) is 0 Å². The molecule has 15 nitrogen and oxygen atoms in total. The predicted octanol–water partition coefficient (Wildman–Crippen LogP) is 2.79. The summed E-state index contributed by atoms with van der Waals surface area (Å²) in [5.74, 6) is -3.13. The van der Waals surface area contributed by atoms with E-state index in [1.165, 1.54) is 16.9 Å². The molecule has 2 aliphatic rings. The number of hydrogen-bond donors (Lipinski definition) is 4. The van der Waals surface area contributed by atoms with E-state index in [-0.39, 0.29) is 31.2 Å². The Balaban J connectivity index is 2.19. The maximum absolute atomic E-state index is 13.9. The van der Waals surface area contributed by atoms with Gasteiger partial charge in [-0.3, -0.25) is 28.9 Å². The van der Waals surface area contributed by atoms with Crippen LogP contribution in [-0.4, -0.2) is 112 Å². The SMILES string of the molecule is CC[C@@](C)(NC(=O)[C@@H]1CCCN1C(=O)OC(C)(C)C)C(=O)N[C@@H](CC(C)C)C(=O)NC(C)(C)C(=O)N1CCC[C@H]1C(=O)N[C@@H](CC(C)C)C(=O)OC. The summed E-state index contributed by atoms with van der Waals surface area (Å²) in [7, 11) is 1.25. The zero-order valence-electron chi connectivity index (χ0n) is 33.4. The third kappa shape index (κ3) is 12.1. The minimum atomic E-state index is -1.46. The summed E-state index contributed by atoms with van der Waals surface area (Å²) in [5.41, 5.74) is -3.62. The zero-order chi connectivity index (χ0) is 39.8. The van der Waals surface area contributed by atoms with Gasteiger partial charge in [0.05, 0.1) is 7.11 Å². The highest BCUT2D eigenvalue weighted by molar-refractivity contribution is 5.99. The van der Waals surface area contributed by atoms with E-state index < -0.39 is 82.4 Å². The lowest BCUT2D eigenvalue weighted by Crippen LogP contribution is -2.65. The van der Waals surface area contributed by atoms with Crippen LogP contribution < -0.4 is 21.3 Å². The summed E-state index contributed by atoms with van der Waals surface area (Å²) < 4.78 is 10.4. The van der Waals surface area contributed by atoms with Crippen LogP contribution in [0.4, 0.5) is 4.79 Å². The molecule has 2 fully saturated rings. The van der Waals surface area contributed by atoms with Gasteiger partial charge in [0.15, 0.2) is 0 Å². The number of methoxy groups -OCH3 is 1. The number of nitrogens with one attached hydrogen (secondary N) is 4. The van der Waals surface area contributed by atoms with Crippen molar-refractivity contribution in [2.24, 2.45) is 11.8 Å². The molecule has 0 aliphatic carbocycles. The van der Waals surface area contributed by atoms with Gasteiger partial charge in [-0.15, -0.1) is 0 Å². The number of carbonyl (C=O) groups is 7. The first kappa shape index (κ1) is 44.3. The first-order chi connectivity index (χ1) is 24.0. The van der Waals surface area contributed by atoms with Gasteiger partial charge in [-0.25, -0.2) is 9.59 Å². The summed E-state index contributed by atoms with van der Waals surface area (Å²) in [6.45, 7) is 19.9. The van der Waals surface area contributed by atoms with Crippen molar-refractivity contribution in [3.8, 4) is 0 Å². The molecule has 0 bridgehead atoms. The molecule has 5 atom stereocenters. The number of carbonyl (C=O) groups excluding carboxylic acids is 7. The van der Waals surface area contributed by atoms with E-state index >= 15 is 0 Å². The van der Waals surface area contributed by atoms with Crippen molar-refractivity contribution in [2.75, 3.05) is 20.2 Å².